The maximum absolute atomic E-state index is 5.83. The standard InChI is InChI=1S/C17H24O2.C9H13.C2H7Si.Ti/c1-6-15(18-5)12-14(17(2,3)4)13-19-16-10-8-7-9-11-16;1-6-5-7(2)9(4)8(6)3;1-3-2;/h6-12H,13H2,1-5H3;6H,1-4H3;3H,1-2H3;/q;-1;;. The Kier molecular flexibility index (Phi) is 17.7. The average molecular weight is 489 g/mol. The van der Waals surface area contributed by atoms with Crippen molar-refractivity contribution in [1.82, 2.24) is 0 Å². The third kappa shape index (κ3) is 12.7. The summed E-state index contributed by atoms with van der Waals surface area (Å²) in [4.78, 5) is 0. The number of hydrogen-bond acceptors (Lipinski definition) is 2. The summed E-state index contributed by atoms with van der Waals surface area (Å²) < 4.78 is 11.1. The van der Waals surface area contributed by atoms with Crippen molar-refractivity contribution >= 4 is 9.52 Å². The van der Waals surface area contributed by atoms with E-state index in [0.717, 1.165) is 21.0 Å². The van der Waals surface area contributed by atoms with Crippen molar-refractivity contribution in [2.24, 2.45) is 11.3 Å². The fourth-order valence-corrected chi connectivity index (χ4v) is 2.75. The maximum Gasteiger partial charge on any atom is 0.119 e. The van der Waals surface area contributed by atoms with Gasteiger partial charge < -0.3 is 9.47 Å². The van der Waals surface area contributed by atoms with E-state index < -0.39 is 0 Å². The van der Waals surface area contributed by atoms with Crippen molar-refractivity contribution in [3.05, 3.63) is 76.6 Å². The number of methoxy groups -OCH3 is 1. The van der Waals surface area contributed by atoms with Gasteiger partial charge in [-0.15, -0.1) is 6.92 Å². The quantitative estimate of drug-likeness (QED) is 0.182. The van der Waals surface area contributed by atoms with E-state index in [2.05, 4.69) is 73.7 Å². The van der Waals surface area contributed by atoms with Gasteiger partial charge in [0.1, 0.15) is 18.1 Å². The Bertz CT molecular complexity index is 768. The molecule has 177 valence electrons. The van der Waals surface area contributed by atoms with Crippen LogP contribution in [0.15, 0.2) is 70.5 Å². The zero-order valence-electron chi connectivity index (χ0n) is 22.2. The van der Waals surface area contributed by atoms with Crippen molar-refractivity contribution in [1.29, 1.82) is 0 Å². The molecule has 2 nitrogen and oxygen atoms in total. The minimum atomic E-state index is 0. The predicted octanol–water partition coefficient (Wildman–Crippen LogP) is 7.83. The fraction of sp³-hybridized carbons (Fsp3) is 0.500. The van der Waals surface area contributed by atoms with Gasteiger partial charge in [-0.25, -0.2) is 5.57 Å². The van der Waals surface area contributed by atoms with Gasteiger partial charge in [-0.05, 0) is 42.2 Å². The zero-order chi connectivity index (χ0) is 24.0. The van der Waals surface area contributed by atoms with Gasteiger partial charge in [0, 0.05) is 31.2 Å². The SMILES string of the molecule is CC1=[C-]C(C)C(C)=C1C.CC=C(C=C(COc1ccccc1)C(C)(C)C)OC.C[SiH]C.[Ti]. The summed E-state index contributed by atoms with van der Waals surface area (Å²) in [6.45, 7) is 22.1. The van der Waals surface area contributed by atoms with Crippen LogP contribution < -0.4 is 4.74 Å². The second-order valence-corrected chi connectivity index (χ2v) is 9.95. The van der Waals surface area contributed by atoms with Gasteiger partial charge in [0.2, 0.25) is 0 Å². The summed E-state index contributed by atoms with van der Waals surface area (Å²) in [6, 6.07) is 9.86. The molecule has 1 atom stereocenters. The van der Waals surface area contributed by atoms with Crippen LogP contribution in [-0.2, 0) is 26.5 Å². The van der Waals surface area contributed by atoms with Crippen LogP contribution in [0.3, 0.4) is 0 Å². The van der Waals surface area contributed by atoms with Crippen molar-refractivity contribution in [2.75, 3.05) is 13.7 Å². The van der Waals surface area contributed by atoms with E-state index >= 15 is 0 Å². The molecular formula is C28H44O2SiTi-. The van der Waals surface area contributed by atoms with Crippen LogP contribution in [0.2, 0.25) is 13.1 Å². The van der Waals surface area contributed by atoms with Crippen LogP contribution in [0.25, 0.3) is 0 Å². The third-order valence-corrected chi connectivity index (χ3v) is 5.17. The van der Waals surface area contributed by atoms with Crippen molar-refractivity contribution in [3.63, 3.8) is 0 Å². The van der Waals surface area contributed by atoms with E-state index in [1.54, 1.807) is 7.11 Å². The zero-order valence-corrected chi connectivity index (χ0v) is 24.9. The van der Waals surface area contributed by atoms with E-state index in [0.29, 0.717) is 12.5 Å². The molecule has 0 N–H and O–H groups in total. The number of hydrogen-bond donors (Lipinski definition) is 0. The van der Waals surface area contributed by atoms with E-state index in [1.807, 2.05) is 43.3 Å². The van der Waals surface area contributed by atoms with Gasteiger partial charge in [-0.3, -0.25) is 6.08 Å². The Morgan fingerprint density at radius 2 is 1.62 bits per heavy atom. The monoisotopic (exact) mass is 488 g/mol. The number of benzene rings is 1. The molecule has 0 saturated heterocycles. The minimum absolute atomic E-state index is 0. The van der Waals surface area contributed by atoms with Crippen molar-refractivity contribution in [2.45, 2.75) is 68.5 Å². The summed E-state index contributed by atoms with van der Waals surface area (Å²) in [5.74, 6) is 2.31. The number of allylic oxidation sites excluding steroid dienone is 6. The van der Waals surface area contributed by atoms with Gasteiger partial charge in [0.15, 0.2) is 0 Å². The Labute approximate surface area is 216 Å². The van der Waals surface area contributed by atoms with Gasteiger partial charge in [0.05, 0.1) is 7.11 Å². The normalized spacial score (nSPS) is 16.1. The molecule has 0 spiro atoms. The molecular weight excluding hydrogens is 444 g/mol. The second kappa shape index (κ2) is 17.2. The van der Waals surface area contributed by atoms with Crippen molar-refractivity contribution < 1.29 is 31.2 Å². The fourth-order valence-electron chi connectivity index (χ4n) is 2.75. The molecule has 1 unspecified atom stereocenters. The van der Waals surface area contributed by atoms with Crippen LogP contribution in [0, 0.1) is 17.4 Å². The van der Waals surface area contributed by atoms with Crippen LogP contribution >= 0.6 is 0 Å². The molecule has 0 aliphatic heterocycles. The molecule has 1 aliphatic rings. The van der Waals surface area contributed by atoms with Gasteiger partial charge in [-0.2, -0.15) is 11.1 Å². The molecule has 1 aliphatic carbocycles. The Morgan fingerprint density at radius 3 is 1.94 bits per heavy atom. The molecule has 2 rings (SSSR count). The molecule has 1 radical (unpaired) electrons. The molecule has 0 bridgehead atoms. The van der Waals surface area contributed by atoms with Gasteiger partial charge in [-0.1, -0.05) is 78.8 Å². The Hall–Kier alpha value is -1.29. The first kappa shape index (κ1) is 32.9. The molecule has 32 heavy (non-hydrogen) atoms. The third-order valence-electron chi connectivity index (χ3n) is 5.17. The minimum Gasteiger partial charge on any atom is -0.497 e. The average Bonchev–Trinajstić information content (AvgIpc) is 2.94. The van der Waals surface area contributed by atoms with E-state index in [9.17, 15) is 0 Å². The van der Waals surface area contributed by atoms with E-state index in [1.165, 1.54) is 22.3 Å². The summed E-state index contributed by atoms with van der Waals surface area (Å²) in [5.41, 5.74) is 5.49. The molecule has 0 amide bonds. The van der Waals surface area contributed by atoms with Crippen LogP contribution in [0.5, 0.6) is 5.75 Å². The van der Waals surface area contributed by atoms with E-state index in [-0.39, 0.29) is 27.1 Å². The van der Waals surface area contributed by atoms with Crippen LogP contribution in [0.1, 0.15) is 55.4 Å². The first-order valence-corrected chi connectivity index (χ1v) is 13.4. The number of ether oxygens (including phenoxy) is 2. The molecule has 0 aromatic heterocycles. The summed E-state index contributed by atoms with van der Waals surface area (Å²) in [6.07, 6.45) is 7.37. The second-order valence-electron chi connectivity index (χ2n) is 8.79. The smallest absolute Gasteiger partial charge is 0.119 e. The summed E-state index contributed by atoms with van der Waals surface area (Å²) >= 11 is 0. The first-order valence-electron chi connectivity index (χ1n) is 11.1. The largest absolute Gasteiger partial charge is 0.497 e. The van der Waals surface area contributed by atoms with Gasteiger partial charge in [0.25, 0.3) is 0 Å². The Balaban J connectivity index is 0. The van der Waals surface area contributed by atoms with E-state index in [4.69, 9.17) is 9.47 Å². The predicted molar refractivity (Wildman–Crippen MR) is 139 cm³/mol. The van der Waals surface area contributed by atoms with Gasteiger partial charge >= 0.3 is 0 Å². The summed E-state index contributed by atoms with van der Waals surface area (Å²) in [7, 11) is 2.43. The van der Waals surface area contributed by atoms with Crippen molar-refractivity contribution in [3.8, 4) is 5.75 Å². The molecule has 1 aromatic rings. The summed E-state index contributed by atoms with van der Waals surface area (Å²) in [5, 5.41) is 0. The Morgan fingerprint density at radius 1 is 1.09 bits per heavy atom. The molecule has 4 heteroatoms. The molecule has 0 heterocycles. The van der Waals surface area contributed by atoms with Crippen LogP contribution in [0.4, 0.5) is 0 Å². The number of rotatable bonds is 5. The first-order chi connectivity index (χ1) is 14.5. The van der Waals surface area contributed by atoms with Crippen LogP contribution in [-0.4, -0.2) is 23.2 Å². The maximum atomic E-state index is 5.83. The molecule has 0 fully saturated rings. The molecule has 1 aromatic carbocycles. The topological polar surface area (TPSA) is 18.5 Å². The molecule has 0 saturated carbocycles. The number of para-hydroxylation sites is 1.